The van der Waals surface area contributed by atoms with Crippen LogP contribution in [0.3, 0.4) is 0 Å². The smallest absolute Gasteiger partial charge is 0.345 e. The van der Waals surface area contributed by atoms with Gasteiger partial charge in [-0.2, -0.15) is 0 Å². The summed E-state index contributed by atoms with van der Waals surface area (Å²) in [7, 11) is 0. The van der Waals surface area contributed by atoms with Crippen LogP contribution in [0.5, 0.6) is 0 Å². The summed E-state index contributed by atoms with van der Waals surface area (Å²) < 4.78 is 0. The van der Waals surface area contributed by atoms with E-state index in [1.807, 2.05) is 18.2 Å². The van der Waals surface area contributed by atoms with E-state index in [4.69, 9.17) is 39.9 Å². The molecule has 2 aromatic heterocycles. The first-order valence-electron chi connectivity index (χ1n) is 8.99. The second-order valence-corrected chi connectivity index (χ2v) is 9.43. The van der Waals surface area contributed by atoms with E-state index in [2.05, 4.69) is 4.98 Å². The number of aromatic nitrogens is 1. The van der Waals surface area contributed by atoms with E-state index in [1.54, 1.807) is 18.2 Å². The predicted octanol–water partition coefficient (Wildman–Crippen LogP) is 5.79. The average molecular weight is 461 g/mol. The monoisotopic (exact) mass is 459 g/mol. The van der Waals surface area contributed by atoms with Crippen molar-refractivity contribution in [2.24, 2.45) is 11.8 Å². The van der Waals surface area contributed by atoms with Crippen LogP contribution >= 0.6 is 46.1 Å². The molecule has 4 atom stereocenters. The van der Waals surface area contributed by atoms with E-state index < -0.39 is 12.1 Å². The van der Waals surface area contributed by atoms with E-state index in [-0.39, 0.29) is 17.2 Å². The van der Waals surface area contributed by atoms with Gasteiger partial charge in [0.05, 0.1) is 6.10 Å². The Morgan fingerprint density at radius 2 is 2.00 bits per heavy atom. The van der Waals surface area contributed by atoms with Gasteiger partial charge in [0.15, 0.2) is 0 Å². The Kier molecular flexibility index (Phi) is 7.40. The van der Waals surface area contributed by atoms with Crippen LogP contribution in [0, 0.1) is 11.8 Å². The molecule has 0 bridgehead atoms. The quantitative estimate of drug-likeness (QED) is 0.405. The third kappa shape index (κ3) is 5.49. The summed E-state index contributed by atoms with van der Waals surface area (Å²) in [6, 6.07) is 6.94. The van der Waals surface area contributed by atoms with Gasteiger partial charge >= 0.3 is 5.97 Å². The number of hydrogen-bond donors (Lipinski definition) is 2. The van der Waals surface area contributed by atoms with Gasteiger partial charge in [-0.05, 0) is 61.4 Å². The number of halogens is 3. The third-order valence-electron chi connectivity index (χ3n) is 5.00. The Labute approximate surface area is 182 Å². The molecule has 150 valence electrons. The highest BCUT2D eigenvalue weighted by atomic mass is 35.5. The minimum atomic E-state index is -0.891. The van der Waals surface area contributed by atoms with E-state index in [9.17, 15) is 9.90 Å². The number of carbonyl (C=O) groups is 1. The Balaban J connectivity index is 1.62. The number of thiophene rings is 1. The van der Waals surface area contributed by atoms with E-state index in [0.29, 0.717) is 21.6 Å². The molecule has 1 aliphatic carbocycles. The van der Waals surface area contributed by atoms with Crippen LogP contribution in [0.1, 0.15) is 39.4 Å². The molecule has 8 heteroatoms. The molecule has 1 fully saturated rings. The number of rotatable bonds is 7. The lowest BCUT2D eigenvalue weighted by Crippen LogP contribution is -2.18. The first-order valence-corrected chi connectivity index (χ1v) is 11.0. The van der Waals surface area contributed by atoms with Crippen molar-refractivity contribution >= 4 is 58.2 Å². The lowest BCUT2D eigenvalue weighted by molar-refractivity contribution is 0.0702. The molecule has 1 saturated carbocycles. The number of aryl methyl sites for hydroxylation is 1. The molecule has 0 aromatic carbocycles. The van der Waals surface area contributed by atoms with E-state index in [0.717, 1.165) is 29.7 Å². The number of carboxylic acid groups (broad SMARTS) is 1. The molecule has 2 N–H and O–H groups in total. The van der Waals surface area contributed by atoms with Crippen LogP contribution in [0.25, 0.3) is 6.08 Å². The van der Waals surface area contributed by atoms with Crippen molar-refractivity contribution in [3.63, 3.8) is 0 Å². The molecule has 1 aliphatic rings. The molecule has 0 amide bonds. The Bertz CT molecular complexity index is 850. The third-order valence-corrected chi connectivity index (χ3v) is 7.02. The molecule has 3 rings (SSSR count). The lowest BCUT2D eigenvalue weighted by Gasteiger charge is -2.20. The standard InChI is InChI=1S/C20H20Cl3NO3S/c21-15-10-16(25)14(6-4-11-8-18(22)24-19(23)9-11)13(15)3-1-2-12-5-7-17(28-12)20(26)27/h4-9,13-16,25H,1-3,10H2,(H,26,27)/t13-,14+,15+,16-/m1/s1. The maximum atomic E-state index is 11.0. The van der Waals surface area contributed by atoms with Crippen molar-refractivity contribution in [2.75, 3.05) is 0 Å². The van der Waals surface area contributed by atoms with Gasteiger partial charge in [0, 0.05) is 16.2 Å². The molecule has 0 unspecified atom stereocenters. The van der Waals surface area contributed by atoms with Crippen molar-refractivity contribution in [1.29, 1.82) is 0 Å². The van der Waals surface area contributed by atoms with Gasteiger partial charge < -0.3 is 10.2 Å². The van der Waals surface area contributed by atoms with Gasteiger partial charge in [0.25, 0.3) is 0 Å². The molecule has 0 saturated heterocycles. The Morgan fingerprint density at radius 3 is 2.64 bits per heavy atom. The van der Waals surface area contributed by atoms with Crippen LogP contribution < -0.4 is 0 Å². The molecule has 0 radical (unpaired) electrons. The van der Waals surface area contributed by atoms with Crippen molar-refractivity contribution in [3.05, 3.63) is 56.0 Å². The number of nitrogens with zero attached hydrogens (tertiary/aromatic N) is 1. The fraction of sp³-hybridized carbons (Fsp3) is 0.400. The molecular formula is C20H20Cl3NO3S. The fourth-order valence-corrected chi connectivity index (χ4v) is 5.52. The second kappa shape index (κ2) is 9.59. The van der Waals surface area contributed by atoms with Gasteiger partial charge in [-0.15, -0.1) is 22.9 Å². The molecule has 0 aliphatic heterocycles. The number of pyridine rings is 1. The summed E-state index contributed by atoms with van der Waals surface area (Å²) in [5, 5.41) is 20.0. The zero-order valence-electron chi connectivity index (χ0n) is 14.9. The number of aromatic carboxylic acids is 1. The number of hydrogen-bond acceptors (Lipinski definition) is 4. The predicted molar refractivity (Wildman–Crippen MR) is 115 cm³/mol. The Morgan fingerprint density at radius 1 is 1.29 bits per heavy atom. The van der Waals surface area contributed by atoms with Crippen LogP contribution in [-0.2, 0) is 6.42 Å². The first kappa shape index (κ1) is 21.6. The SMILES string of the molecule is O=C(O)c1ccc(CCC[C@@H]2[C@H](C=Cc3cc(Cl)nc(Cl)c3)[C@H](O)C[C@@H]2Cl)s1. The minimum absolute atomic E-state index is 0.0499. The van der Waals surface area contributed by atoms with Crippen LogP contribution in [0.15, 0.2) is 30.3 Å². The minimum Gasteiger partial charge on any atom is -0.477 e. The highest BCUT2D eigenvalue weighted by Crippen LogP contribution is 2.40. The van der Waals surface area contributed by atoms with Crippen molar-refractivity contribution < 1.29 is 15.0 Å². The molecule has 2 heterocycles. The molecule has 0 spiro atoms. The normalized spacial score (nSPS) is 24.9. The van der Waals surface area contributed by atoms with Gasteiger partial charge in [0.1, 0.15) is 15.2 Å². The van der Waals surface area contributed by atoms with Crippen molar-refractivity contribution in [2.45, 2.75) is 37.2 Å². The summed E-state index contributed by atoms with van der Waals surface area (Å²) in [6.45, 7) is 0. The van der Waals surface area contributed by atoms with Gasteiger partial charge in [-0.3, -0.25) is 0 Å². The molecule has 4 nitrogen and oxygen atoms in total. The number of aliphatic hydroxyl groups is 1. The molecule has 28 heavy (non-hydrogen) atoms. The maximum absolute atomic E-state index is 11.0. The zero-order valence-corrected chi connectivity index (χ0v) is 18.0. The van der Waals surface area contributed by atoms with Gasteiger partial charge in [-0.25, -0.2) is 9.78 Å². The Hall–Kier alpha value is -1.11. The average Bonchev–Trinajstić information content (AvgIpc) is 3.18. The highest BCUT2D eigenvalue weighted by molar-refractivity contribution is 7.13. The summed E-state index contributed by atoms with van der Waals surface area (Å²) in [4.78, 5) is 16.3. The fourth-order valence-electron chi connectivity index (χ4n) is 3.67. The molecule has 2 aromatic rings. The summed E-state index contributed by atoms with van der Waals surface area (Å²) in [5.41, 5.74) is 0.828. The number of aliphatic hydroxyl groups excluding tert-OH is 1. The van der Waals surface area contributed by atoms with Gasteiger partial charge in [0.2, 0.25) is 0 Å². The van der Waals surface area contributed by atoms with Crippen LogP contribution in [0.2, 0.25) is 10.3 Å². The largest absolute Gasteiger partial charge is 0.477 e. The number of alkyl halides is 1. The number of carboxylic acids is 1. The van der Waals surface area contributed by atoms with E-state index in [1.165, 1.54) is 11.3 Å². The summed E-state index contributed by atoms with van der Waals surface area (Å²) >= 11 is 19.7. The zero-order chi connectivity index (χ0) is 20.3. The van der Waals surface area contributed by atoms with Gasteiger partial charge in [-0.1, -0.05) is 35.4 Å². The lowest BCUT2D eigenvalue weighted by atomic mass is 9.89. The van der Waals surface area contributed by atoms with Crippen molar-refractivity contribution in [1.82, 2.24) is 4.98 Å². The second-order valence-electron chi connectivity index (χ2n) is 6.93. The topological polar surface area (TPSA) is 70.4 Å². The van der Waals surface area contributed by atoms with Crippen LogP contribution in [-0.4, -0.2) is 32.6 Å². The molecular weight excluding hydrogens is 441 g/mol. The van der Waals surface area contributed by atoms with Crippen LogP contribution in [0.4, 0.5) is 0 Å². The highest BCUT2D eigenvalue weighted by Gasteiger charge is 2.39. The summed E-state index contributed by atoms with van der Waals surface area (Å²) in [5.74, 6) is -0.789. The van der Waals surface area contributed by atoms with E-state index >= 15 is 0 Å². The van der Waals surface area contributed by atoms with Crippen molar-refractivity contribution in [3.8, 4) is 0 Å². The summed E-state index contributed by atoms with van der Waals surface area (Å²) in [6.07, 6.45) is 6.50. The maximum Gasteiger partial charge on any atom is 0.345 e. The first-order chi connectivity index (χ1) is 13.3.